The highest BCUT2D eigenvalue weighted by atomic mass is 16.5. The third-order valence-corrected chi connectivity index (χ3v) is 0. The molecule has 0 bridgehead atoms. The van der Waals surface area contributed by atoms with Gasteiger partial charge < -0.3 is 15.1 Å². The minimum atomic E-state index is -2.17. The van der Waals surface area contributed by atoms with Gasteiger partial charge >= 0.3 is 7.32 Å². The average molecular weight is 65.8 g/mol. The van der Waals surface area contributed by atoms with E-state index < -0.39 is 7.32 Å². The molecule has 0 aromatic heterocycles. The molecule has 0 spiro atoms. The van der Waals surface area contributed by atoms with E-state index in [1.807, 2.05) is 0 Å². The number of hydrogen-bond donors (Lipinski definition) is 3. The molecular formula is CH3BO3. The first-order chi connectivity index (χ1) is 1.73. The van der Waals surface area contributed by atoms with Crippen LogP contribution in [0.3, 0.4) is 0 Å². The molecule has 0 aliphatic carbocycles. The molecule has 4 radical (unpaired) electrons. The summed E-state index contributed by atoms with van der Waals surface area (Å²) in [5.41, 5.74) is 0. The molecule has 0 atom stereocenters. The Kier molecular flexibility index (Phi) is 7.00. The summed E-state index contributed by atoms with van der Waals surface area (Å²) < 4.78 is 0. The molecule has 0 heterocycles. The lowest BCUT2D eigenvalue weighted by Crippen LogP contribution is -2.07. The van der Waals surface area contributed by atoms with Crippen LogP contribution >= 0.6 is 0 Å². The third-order valence-electron chi connectivity index (χ3n) is 0. The second-order valence-corrected chi connectivity index (χ2v) is 0.346. The zero-order valence-electron chi connectivity index (χ0n) is 2.42. The Balaban J connectivity index is 0. The van der Waals surface area contributed by atoms with Crippen LogP contribution in [-0.4, -0.2) is 22.4 Å². The normalized spacial score (nSPS) is 5.40. The number of rotatable bonds is 0. The van der Waals surface area contributed by atoms with E-state index in [1.54, 1.807) is 0 Å². The lowest BCUT2D eigenvalue weighted by molar-refractivity contribution is 0.278. The Bertz CT molecular complexity index is 11.6. The van der Waals surface area contributed by atoms with Crippen molar-refractivity contribution in [1.82, 2.24) is 0 Å². The van der Waals surface area contributed by atoms with Crippen LogP contribution in [0.25, 0.3) is 0 Å². The molecule has 0 amide bonds. The molecule has 0 aliphatic rings. The molecular weight excluding hydrogens is 62.8 g/mol. The molecule has 28 valence electrons. The fraction of sp³-hybridized carbons (Fsp3) is 0. The van der Waals surface area contributed by atoms with Crippen LogP contribution < -0.4 is 0 Å². The van der Waals surface area contributed by atoms with E-state index >= 15 is 0 Å². The van der Waals surface area contributed by atoms with Crippen LogP contribution in [0.2, 0.25) is 0 Å². The maximum Gasteiger partial charge on any atom is 0.631 e. The van der Waals surface area contributed by atoms with Crippen molar-refractivity contribution in [3.8, 4) is 0 Å². The van der Waals surface area contributed by atoms with Crippen molar-refractivity contribution in [2.75, 3.05) is 0 Å². The molecule has 0 aromatic rings. The second-order valence-electron chi connectivity index (χ2n) is 0.346. The maximum absolute atomic E-state index is 7.17. The van der Waals surface area contributed by atoms with Crippen molar-refractivity contribution < 1.29 is 15.1 Å². The smallest absolute Gasteiger partial charge is 0.402 e. The van der Waals surface area contributed by atoms with Gasteiger partial charge in [-0.05, 0) is 0 Å². The van der Waals surface area contributed by atoms with Gasteiger partial charge in [0.1, 0.15) is 0 Å². The van der Waals surface area contributed by atoms with E-state index in [0.29, 0.717) is 0 Å². The van der Waals surface area contributed by atoms with E-state index in [0.717, 1.165) is 0 Å². The predicted molar refractivity (Wildman–Crippen MR) is 15.7 cm³/mol. The van der Waals surface area contributed by atoms with Crippen LogP contribution in [0, 0.1) is 7.43 Å². The first-order valence-corrected chi connectivity index (χ1v) is 0.775. The summed E-state index contributed by atoms with van der Waals surface area (Å²) in [5.74, 6) is 0. The average Bonchev–Trinajstić information content (AvgIpc) is 0.811. The fourth-order valence-electron chi connectivity index (χ4n) is 0. The third kappa shape index (κ3) is 4920. The molecule has 0 saturated carbocycles. The Morgan fingerprint density at radius 1 is 1.00 bits per heavy atom. The SMILES string of the molecule is OB(O)O.[4C]. The van der Waals surface area contributed by atoms with Gasteiger partial charge in [0.05, 0.1) is 0 Å². The van der Waals surface area contributed by atoms with Crippen LogP contribution in [0.5, 0.6) is 0 Å². The summed E-state index contributed by atoms with van der Waals surface area (Å²) >= 11 is 0. The Morgan fingerprint density at radius 3 is 1.00 bits per heavy atom. The van der Waals surface area contributed by atoms with E-state index in [1.165, 1.54) is 0 Å². The molecule has 3 N–H and O–H groups in total. The van der Waals surface area contributed by atoms with E-state index in [-0.39, 0.29) is 7.43 Å². The summed E-state index contributed by atoms with van der Waals surface area (Å²) in [6.07, 6.45) is 0. The van der Waals surface area contributed by atoms with Gasteiger partial charge in [0.25, 0.3) is 0 Å². The summed E-state index contributed by atoms with van der Waals surface area (Å²) in [5, 5.41) is 21.5. The minimum absolute atomic E-state index is 0. The topological polar surface area (TPSA) is 60.7 Å². The molecule has 5 heavy (non-hydrogen) atoms. The predicted octanol–water partition coefficient (Wildman–Crippen LogP) is -1.97. The zero-order valence-corrected chi connectivity index (χ0v) is 2.42. The molecule has 0 fully saturated rings. The number of hydrogen-bond acceptors (Lipinski definition) is 3. The van der Waals surface area contributed by atoms with Crippen molar-refractivity contribution in [2.45, 2.75) is 0 Å². The molecule has 3 nitrogen and oxygen atoms in total. The fourth-order valence-corrected chi connectivity index (χ4v) is 0. The van der Waals surface area contributed by atoms with Crippen LogP contribution in [0.1, 0.15) is 0 Å². The van der Waals surface area contributed by atoms with Crippen LogP contribution in [0.15, 0.2) is 0 Å². The first-order valence-electron chi connectivity index (χ1n) is 0.775. The lowest BCUT2D eigenvalue weighted by Gasteiger charge is -1.69. The Morgan fingerprint density at radius 2 is 1.00 bits per heavy atom. The maximum atomic E-state index is 7.17. The van der Waals surface area contributed by atoms with E-state index in [9.17, 15) is 0 Å². The van der Waals surface area contributed by atoms with Gasteiger partial charge in [-0.1, -0.05) is 0 Å². The Labute approximate surface area is 31.1 Å². The van der Waals surface area contributed by atoms with Gasteiger partial charge in [0, 0.05) is 7.43 Å². The van der Waals surface area contributed by atoms with Gasteiger partial charge in [-0.15, -0.1) is 0 Å². The molecule has 0 aromatic carbocycles. The van der Waals surface area contributed by atoms with Gasteiger partial charge in [-0.3, -0.25) is 0 Å². The monoisotopic (exact) mass is 66.0 g/mol. The minimum Gasteiger partial charge on any atom is -0.402 e. The lowest BCUT2D eigenvalue weighted by atomic mass is 4.00. The first kappa shape index (κ1) is 8.87. The van der Waals surface area contributed by atoms with Crippen molar-refractivity contribution >= 4 is 7.32 Å². The van der Waals surface area contributed by atoms with E-state index in [4.69, 9.17) is 15.1 Å². The molecule has 0 aliphatic heterocycles. The summed E-state index contributed by atoms with van der Waals surface area (Å²) in [7, 11) is -2.17. The van der Waals surface area contributed by atoms with E-state index in [2.05, 4.69) is 0 Å². The largest absolute Gasteiger partial charge is 0.631 e. The summed E-state index contributed by atoms with van der Waals surface area (Å²) in [4.78, 5) is 0. The molecule has 0 rings (SSSR count). The van der Waals surface area contributed by atoms with Crippen LogP contribution in [-0.2, 0) is 0 Å². The summed E-state index contributed by atoms with van der Waals surface area (Å²) in [6.45, 7) is 0. The van der Waals surface area contributed by atoms with Crippen molar-refractivity contribution in [3.05, 3.63) is 7.43 Å². The van der Waals surface area contributed by atoms with Crippen molar-refractivity contribution in [1.29, 1.82) is 0 Å². The van der Waals surface area contributed by atoms with Gasteiger partial charge in [-0.2, -0.15) is 0 Å². The highest BCUT2D eigenvalue weighted by Gasteiger charge is 1.92. The molecule has 0 unspecified atom stereocenters. The highest BCUT2D eigenvalue weighted by Crippen LogP contribution is 1.40. The molecule has 0 saturated heterocycles. The van der Waals surface area contributed by atoms with Crippen LogP contribution in [0.4, 0.5) is 0 Å². The van der Waals surface area contributed by atoms with Gasteiger partial charge in [0.2, 0.25) is 0 Å². The standard InChI is InChI=1S/C.BH3O3/c;2-1(3)4/h;2-4H/i1-8;. The Hall–Kier alpha value is -0.0551. The summed E-state index contributed by atoms with van der Waals surface area (Å²) in [6, 6.07) is 0. The second kappa shape index (κ2) is 3.94. The molecule has 4 heteroatoms. The van der Waals surface area contributed by atoms with Gasteiger partial charge in [0.15, 0.2) is 0 Å². The highest BCUT2D eigenvalue weighted by molar-refractivity contribution is 6.30. The van der Waals surface area contributed by atoms with Gasteiger partial charge in [-0.25, -0.2) is 0 Å². The van der Waals surface area contributed by atoms with Crippen molar-refractivity contribution in [2.24, 2.45) is 0 Å². The zero-order chi connectivity index (χ0) is 3.58. The van der Waals surface area contributed by atoms with Crippen molar-refractivity contribution in [3.63, 3.8) is 0 Å². The quantitative estimate of drug-likeness (QED) is 0.287.